The van der Waals surface area contributed by atoms with E-state index in [1.54, 1.807) is 11.0 Å². The summed E-state index contributed by atoms with van der Waals surface area (Å²) in [5.74, 6) is 0.485. The van der Waals surface area contributed by atoms with Gasteiger partial charge in [-0.15, -0.1) is 16.4 Å². The van der Waals surface area contributed by atoms with Gasteiger partial charge in [-0.3, -0.25) is 4.79 Å². The van der Waals surface area contributed by atoms with Crippen LogP contribution >= 0.6 is 11.3 Å². The summed E-state index contributed by atoms with van der Waals surface area (Å²) in [5.41, 5.74) is 3.86. The minimum Gasteiger partial charge on any atom is -0.324 e. The summed E-state index contributed by atoms with van der Waals surface area (Å²) in [4.78, 5) is 27.3. The first-order chi connectivity index (χ1) is 15.6. The number of benzene rings is 2. The van der Waals surface area contributed by atoms with E-state index in [1.165, 1.54) is 11.3 Å². The van der Waals surface area contributed by atoms with Crippen LogP contribution in [0.3, 0.4) is 0 Å². The fraction of sp³-hybridized carbons (Fsp3) is 0.208. The highest BCUT2D eigenvalue weighted by Gasteiger charge is 2.27. The molecule has 0 saturated heterocycles. The zero-order chi connectivity index (χ0) is 22.5. The number of hydrogen-bond acceptors (Lipinski definition) is 6. The first-order valence-electron chi connectivity index (χ1n) is 10.3. The van der Waals surface area contributed by atoms with Crippen molar-refractivity contribution in [2.24, 2.45) is 5.92 Å². The standard InChI is InChI=1S/C24H23N5O2S/c1-16(2)21(15-30)29(24(31)22-8-5-13-32-22)14-17-9-11-18(12-10-17)19-6-3-4-7-20(19)23-25-27-28-26-23/h3-13,15-16,21H,14H2,1-2H3,(H,25,26,27,28)/t21-/m1/s1. The van der Waals surface area contributed by atoms with E-state index in [4.69, 9.17) is 0 Å². The number of tetrazole rings is 1. The zero-order valence-corrected chi connectivity index (χ0v) is 18.6. The highest BCUT2D eigenvalue weighted by atomic mass is 32.1. The molecular formula is C24H23N5O2S. The molecule has 0 unspecified atom stereocenters. The van der Waals surface area contributed by atoms with Crippen LogP contribution < -0.4 is 0 Å². The molecule has 2 heterocycles. The molecular weight excluding hydrogens is 422 g/mol. The molecule has 2 aromatic heterocycles. The molecule has 0 aliphatic carbocycles. The maximum absolute atomic E-state index is 13.1. The summed E-state index contributed by atoms with van der Waals surface area (Å²) in [6, 6.07) is 19.0. The lowest BCUT2D eigenvalue weighted by atomic mass is 9.97. The molecule has 32 heavy (non-hydrogen) atoms. The number of carbonyl (C=O) groups excluding carboxylic acids is 2. The van der Waals surface area contributed by atoms with Gasteiger partial charge in [0.25, 0.3) is 5.91 Å². The Bertz CT molecular complexity index is 1170. The van der Waals surface area contributed by atoms with Crippen molar-refractivity contribution in [1.29, 1.82) is 0 Å². The van der Waals surface area contributed by atoms with Gasteiger partial charge in [0, 0.05) is 12.1 Å². The summed E-state index contributed by atoms with van der Waals surface area (Å²) in [7, 11) is 0. The monoisotopic (exact) mass is 445 g/mol. The minimum atomic E-state index is -0.496. The molecule has 1 amide bonds. The third-order valence-corrected chi connectivity index (χ3v) is 6.18. The van der Waals surface area contributed by atoms with Gasteiger partial charge in [0.1, 0.15) is 6.29 Å². The minimum absolute atomic E-state index is 0.0121. The van der Waals surface area contributed by atoms with Crippen molar-refractivity contribution in [3.63, 3.8) is 0 Å². The first-order valence-corrected chi connectivity index (χ1v) is 11.2. The molecule has 1 atom stereocenters. The lowest BCUT2D eigenvalue weighted by Gasteiger charge is -2.30. The number of aromatic amines is 1. The van der Waals surface area contributed by atoms with E-state index in [0.29, 0.717) is 17.2 Å². The highest BCUT2D eigenvalue weighted by molar-refractivity contribution is 7.12. The Morgan fingerprint density at radius 1 is 1.06 bits per heavy atom. The first kappa shape index (κ1) is 21.6. The number of hydrogen-bond donors (Lipinski definition) is 1. The van der Waals surface area contributed by atoms with Crippen molar-refractivity contribution >= 4 is 23.5 Å². The lowest BCUT2D eigenvalue weighted by molar-refractivity contribution is -0.113. The maximum Gasteiger partial charge on any atom is 0.264 e. The third kappa shape index (κ3) is 4.50. The molecule has 0 saturated carbocycles. The predicted molar refractivity (Wildman–Crippen MR) is 124 cm³/mol. The van der Waals surface area contributed by atoms with Gasteiger partial charge in [-0.1, -0.05) is 68.4 Å². The molecule has 1 N–H and O–H groups in total. The van der Waals surface area contributed by atoms with Crippen molar-refractivity contribution in [1.82, 2.24) is 25.5 Å². The lowest BCUT2D eigenvalue weighted by Crippen LogP contribution is -2.43. The maximum atomic E-state index is 13.1. The number of nitrogens with zero attached hydrogens (tertiary/aromatic N) is 4. The van der Waals surface area contributed by atoms with Gasteiger partial charge < -0.3 is 9.69 Å². The van der Waals surface area contributed by atoms with Gasteiger partial charge in [-0.05, 0) is 44.5 Å². The average molecular weight is 446 g/mol. The van der Waals surface area contributed by atoms with Crippen LogP contribution in [-0.2, 0) is 11.3 Å². The zero-order valence-electron chi connectivity index (χ0n) is 17.8. The van der Waals surface area contributed by atoms with E-state index in [9.17, 15) is 9.59 Å². The molecule has 0 spiro atoms. The van der Waals surface area contributed by atoms with Crippen LogP contribution in [-0.4, -0.2) is 43.8 Å². The van der Waals surface area contributed by atoms with E-state index in [1.807, 2.05) is 73.8 Å². The quantitative estimate of drug-likeness (QED) is 0.404. The summed E-state index contributed by atoms with van der Waals surface area (Å²) < 4.78 is 0. The Labute approximate surface area is 190 Å². The second-order valence-electron chi connectivity index (χ2n) is 7.77. The average Bonchev–Trinajstić information content (AvgIpc) is 3.53. The molecule has 0 radical (unpaired) electrons. The third-order valence-electron chi connectivity index (χ3n) is 5.32. The van der Waals surface area contributed by atoms with E-state index >= 15 is 0 Å². The summed E-state index contributed by atoms with van der Waals surface area (Å²) in [6.07, 6.45) is 0.867. The largest absolute Gasteiger partial charge is 0.324 e. The number of carbonyl (C=O) groups is 2. The van der Waals surface area contributed by atoms with Gasteiger partial charge in [0.2, 0.25) is 0 Å². The van der Waals surface area contributed by atoms with Gasteiger partial charge in [-0.25, -0.2) is 5.10 Å². The molecule has 4 rings (SSSR count). The van der Waals surface area contributed by atoms with E-state index in [0.717, 1.165) is 28.5 Å². The second-order valence-corrected chi connectivity index (χ2v) is 8.72. The Hall–Kier alpha value is -3.65. The van der Waals surface area contributed by atoms with Crippen LogP contribution in [0.25, 0.3) is 22.5 Å². The number of amides is 1. The van der Waals surface area contributed by atoms with Crippen molar-refractivity contribution in [2.75, 3.05) is 0 Å². The SMILES string of the molecule is CC(C)[C@@H](C=O)N(Cc1ccc(-c2ccccc2-c2nnn[nH]2)cc1)C(=O)c1cccs1. The Kier molecular flexibility index (Phi) is 6.51. The summed E-state index contributed by atoms with van der Waals surface area (Å²) in [5, 5.41) is 16.0. The number of thiophene rings is 1. The molecule has 162 valence electrons. The normalized spacial score (nSPS) is 12.0. The summed E-state index contributed by atoms with van der Waals surface area (Å²) in [6.45, 7) is 4.25. The molecule has 7 nitrogen and oxygen atoms in total. The highest BCUT2D eigenvalue weighted by Crippen LogP contribution is 2.30. The van der Waals surface area contributed by atoms with Crippen molar-refractivity contribution < 1.29 is 9.59 Å². The van der Waals surface area contributed by atoms with Crippen LogP contribution in [0.4, 0.5) is 0 Å². The van der Waals surface area contributed by atoms with Gasteiger partial charge in [0.15, 0.2) is 5.82 Å². The Balaban J connectivity index is 1.62. The number of nitrogens with one attached hydrogen (secondary N) is 1. The van der Waals surface area contributed by atoms with Gasteiger partial charge in [-0.2, -0.15) is 0 Å². The van der Waals surface area contributed by atoms with Crippen LogP contribution in [0, 0.1) is 5.92 Å². The molecule has 2 aromatic carbocycles. The van der Waals surface area contributed by atoms with Crippen molar-refractivity contribution in [3.8, 4) is 22.5 Å². The Morgan fingerprint density at radius 2 is 1.81 bits per heavy atom. The van der Waals surface area contributed by atoms with E-state index in [-0.39, 0.29) is 11.8 Å². The second kappa shape index (κ2) is 9.65. The Morgan fingerprint density at radius 3 is 2.41 bits per heavy atom. The van der Waals surface area contributed by atoms with Gasteiger partial charge in [0.05, 0.1) is 10.9 Å². The molecule has 0 aliphatic heterocycles. The number of aldehydes is 1. The molecule has 4 aromatic rings. The topological polar surface area (TPSA) is 91.8 Å². The smallest absolute Gasteiger partial charge is 0.264 e. The molecule has 0 fully saturated rings. The van der Waals surface area contributed by atoms with Crippen molar-refractivity contribution in [3.05, 3.63) is 76.5 Å². The van der Waals surface area contributed by atoms with Gasteiger partial charge >= 0.3 is 0 Å². The molecule has 8 heteroatoms. The van der Waals surface area contributed by atoms with Crippen molar-refractivity contribution in [2.45, 2.75) is 26.4 Å². The van der Waals surface area contributed by atoms with E-state index < -0.39 is 6.04 Å². The number of aromatic nitrogens is 4. The number of H-pyrrole nitrogens is 1. The fourth-order valence-corrected chi connectivity index (χ4v) is 4.32. The fourth-order valence-electron chi connectivity index (χ4n) is 3.65. The van der Waals surface area contributed by atoms with Crippen LogP contribution in [0.15, 0.2) is 66.0 Å². The number of rotatable bonds is 8. The van der Waals surface area contributed by atoms with Crippen LogP contribution in [0.5, 0.6) is 0 Å². The van der Waals surface area contributed by atoms with Crippen LogP contribution in [0.2, 0.25) is 0 Å². The molecule has 0 aliphatic rings. The van der Waals surface area contributed by atoms with Crippen LogP contribution in [0.1, 0.15) is 29.1 Å². The summed E-state index contributed by atoms with van der Waals surface area (Å²) >= 11 is 1.38. The molecule has 0 bridgehead atoms. The predicted octanol–water partition coefficient (Wildman–Crippen LogP) is 4.46. The van der Waals surface area contributed by atoms with E-state index in [2.05, 4.69) is 20.6 Å².